The van der Waals surface area contributed by atoms with Crippen molar-refractivity contribution in [3.8, 4) is 5.69 Å². The minimum Gasteiger partial charge on any atom is -0.300 e. The van der Waals surface area contributed by atoms with Crippen molar-refractivity contribution in [3.05, 3.63) is 47.3 Å². The van der Waals surface area contributed by atoms with Crippen LogP contribution in [-0.4, -0.2) is 15.3 Å². The van der Waals surface area contributed by atoms with Crippen LogP contribution >= 0.6 is 0 Å². The van der Waals surface area contributed by atoms with E-state index in [0.717, 1.165) is 11.4 Å². The molecule has 0 aliphatic carbocycles. The molecule has 2 aromatic rings. The van der Waals surface area contributed by atoms with Crippen molar-refractivity contribution in [1.82, 2.24) is 9.55 Å². The Morgan fingerprint density at radius 3 is 2.53 bits per heavy atom. The lowest BCUT2D eigenvalue weighted by molar-refractivity contribution is 0.101. The number of aromatic nitrogens is 2. The molecule has 0 bridgehead atoms. The molecule has 0 amide bonds. The van der Waals surface area contributed by atoms with Crippen molar-refractivity contribution in [1.29, 1.82) is 0 Å². The molecule has 0 aliphatic rings. The van der Waals surface area contributed by atoms with E-state index in [4.69, 9.17) is 0 Å². The van der Waals surface area contributed by atoms with E-state index < -0.39 is 5.82 Å². The van der Waals surface area contributed by atoms with Crippen molar-refractivity contribution in [2.45, 2.75) is 20.8 Å². The number of aryl methyl sites for hydroxylation is 1. The quantitative estimate of drug-likeness (QED) is 0.746. The molecule has 4 heteroatoms. The van der Waals surface area contributed by atoms with Gasteiger partial charge >= 0.3 is 0 Å². The molecule has 1 heterocycles. The first-order valence-corrected chi connectivity index (χ1v) is 5.32. The van der Waals surface area contributed by atoms with Crippen molar-refractivity contribution in [2.75, 3.05) is 0 Å². The molecule has 0 radical (unpaired) electrons. The number of hydrogen-bond acceptors (Lipinski definition) is 2. The smallest absolute Gasteiger partial charge is 0.159 e. The van der Waals surface area contributed by atoms with Gasteiger partial charge in [0.1, 0.15) is 5.82 Å². The summed E-state index contributed by atoms with van der Waals surface area (Å²) in [5.74, 6) is -0.563. The maximum Gasteiger partial charge on any atom is 0.159 e. The highest BCUT2D eigenvalue weighted by molar-refractivity contribution is 5.94. The number of carbonyl (C=O) groups is 1. The monoisotopic (exact) mass is 232 g/mol. The van der Waals surface area contributed by atoms with Gasteiger partial charge < -0.3 is 4.57 Å². The first-order valence-electron chi connectivity index (χ1n) is 5.32. The van der Waals surface area contributed by atoms with Gasteiger partial charge in [0.15, 0.2) is 5.78 Å². The summed E-state index contributed by atoms with van der Waals surface area (Å²) < 4.78 is 15.6. The predicted octanol–water partition coefficient (Wildman–Crippen LogP) is 2.83. The molecule has 3 nitrogen and oxygen atoms in total. The van der Waals surface area contributed by atoms with Crippen molar-refractivity contribution in [3.63, 3.8) is 0 Å². The summed E-state index contributed by atoms with van der Waals surface area (Å²) in [7, 11) is 0. The van der Waals surface area contributed by atoms with Crippen LogP contribution in [0, 0.1) is 19.7 Å². The number of Topliss-reactive ketones (excluding diaryl/α,β-unsaturated/α-hetero) is 1. The van der Waals surface area contributed by atoms with E-state index in [9.17, 15) is 9.18 Å². The second-order valence-corrected chi connectivity index (χ2v) is 4.01. The third kappa shape index (κ3) is 1.98. The Labute approximate surface area is 98.9 Å². The van der Waals surface area contributed by atoms with E-state index in [1.807, 2.05) is 13.8 Å². The third-order valence-electron chi connectivity index (χ3n) is 2.87. The van der Waals surface area contributed by atoms with Crippen LogP contribution in [-0.2, 0) is 0 Å². The molecule has 0 saturated heterocycles. The first kappa shape index (κ1) is 11.5. The second kappa shape index (κ2) is 4.13. The van der Waals surface area contributed by atoms with Gasteiger partial charge in [-0.1, -0.05) is 0 Å². The molecule has 0 aliphatic heterocycles. The van der Waals surface area contributed by atoms with Crippen molar-refractivity contribution in [2.24, 2.45) is 0 Å². The number of hydrogen-bond donors (Lipinski definition) is 0. The number of benzene rings is 1. The van der Waals surface area contributed by atoms with Crippen LogP contribution < -0.4 is 0 Å². The SMILES string of the molecule is CC(=O)c1ccc(-n2cnc(C)c2C)c(F)c1. The summed E-state index contributed by atoms with van der Waals surface area (Å²) in [5, 5.41) is 0. The summed E-state index contributed by atoms with van der Waals surface area (Å²) in [6.45, 7) is 5.16. The van der Waals surface area contributed by atoms with Crippen molar-refractivity contribution >= 4 is 5.78 Å². The lowest BCUT2D eigenvalue weighted by Gasteiger charge is -2.07. The van der Waals surface area contributed by atoms with E-state index in [1.54, 1.807) is 23.0 Å². The van der Waals surface area contributed by atoms with Crippen LogP contribution in [0.2, 0.25) is 0 Å². The van der Waals surface area contributed by atoms with Crippen LogP contribution in [0.5, 0.6) is 0 Å². The fraction of sp³-hybridized carbons (Fsp3) is 0.231. The Kier molecular flexibility index (Phi) is 2.79. The largest absolute Gasteiger partial charge is 0.300 e. The van der Waals surface area contributed by atoms with Gasteiger partial charge in [0.25, 0.3) is 0 Å². The Morgan fingerprint density at radius 1 is 1.35 bits per heavy atom. The zero-order chi connectivity index (χ0) is 12.6. The van der Waals surface area contributed by atoms with E-state index in [-0.39, 0.29) is 5.78 Å². The summed E-state index contributed by atoms with van der Waals surface area (Å²) >= 11 is 0. The van der Waals surface area contributed by atoms with Gasteiger partial charge in [-0.3, -0.25) is 4.79 Å². The van der Waals surface area contributed by atoms with Crippen LogP contribution in [0.3, 0.4) is 0 Å². The van der Waals surface area contributed by atoms with Gasteiger partial charge in [-0.05, 0) is 39.0 Å². The molecule has 17 heavy (non-hydrogen) atoms. The maximum absolute atomic E-state index is 13.9. The number of carbonyl (C=O) groups excluding carboxylic acids is 1. The number of rotatable bonds is 2. The van der Waals surface area contributed by atoms with Crippen LogP contribution in [0.1, 0.15) is 28.7 Å². The molecule has 1 aromatic heterocycles. The Hall–Kier alpha value is -1.97. The standard InChI is InChI=1S/C13H13FN2O/c1-8-9(2)16(7-15-8)13-5-4-11(10(3)17)6-12(13)14/h4-7H,1-3H3. The fourth-order valence-corrected chi connectivity index (χ4v) is 1.66. The molecular weight excluding hydrogens is 219 g/mol. The molecule has 0 N–H and O–H groups in total. The summed E-state index contributed by atoms with van der Waals surface area (Å²) in [4.78, 5) is 15.3. The van der Waals surface area contributed by atoms with Crippen LogP contribution in [0.15, 0.2) is 24.5 Å². The number of halogens is 1. The minimum absolute atomic E-state index is 0.144. The Balaban J connectivity index is 2.54. The maximum atomic E-state index is 13.9. The zero-order valence-electron chi connectivity index (χ0n) is 9.99. The molecule has 0 spiro atoms. The molecular formula is C13H13FN2O. The van der Waals surface area contributed by atoms with E-state index in [1.165, 1.54) is 13.0 Å². The second-order valence-electron chi connectivity index (χ2n) is 4.01. The average molecular weight is 232 g/mol. The Bertz CT molecular complexity index is 587. The van der Waals surface area contributed by atoms with E-state index in [2.05, 4.69) is 4.98 Å². The van der Waals surface area contributed by atoms with Crippen molar-refractivity contribution < 1.29 is 9.18 Å². The highest BCUT2D eigenvalue weighted by Gasteiger charge is 2.10. The molecule has 88 valence electrons. The van der Waals surface area contributed by atoms with Gasteiger partial charge in [0.05, 0.1) is 17.7 Å². The van der Waals surface area contributed by atoms with E-state index >= 15 is 0 Å². The fourth-order valence-electron chi connectivity index (χ4n) is 1.66. The zero-order valence-corrected chi connectivity index (χ0v) is 9.99. The van der Waals surface area contributed by atoms with Gasteiger partial charge in [-0.25, -0.2) is 9.37 Å². The first-order chi connectivity index (χ1) is 8.00. The van der Waals surface area contributed by atoms with Gasteiger partial charge in [-0.15, -0.1) is 0 Å². The average Bonchev–Trinajstić information content (AvgIpc) is 2.60. The summed E-state index contributed by atoms with van der Waals surface area (Å²) in [6, 6.07) is 4.47. The number of ketones is 1. The van der Waals surface area contributed by atoms with Crippen LogP contribution in [0.25, 0.3) is 5.69 Å². The highest BCUT2D eigenvalue weighted by Crippen LogP contribution is 2.18. The molecule has 2 rings (SSSR count). The van der Waals surface area contributed by atoms with Crippen LogP contribution in [0.4, 0.5) is 4.39 Å². The molecule has 1 aromatic carbocycles. The lowest BCUT2D eigenvalue weighted by Crippen LogP contribution is -2.01. The number of imidazole rings is 1. The van der Waals surface area contributed by atoms with Gasteiger partial charge in [0, 0.05) is 11.3 Å². The predicted molar refractivity (Wildman–Crippen MR) is 63.0 cm³/mol. The summed E-state index contributed by atoms with van der Waals surface area (Å²) in [6.07, 6.45) is 1.58. The molecule has 0 atom stereocenters. The minimum atomic E-state index is -0.418. The molecule has 0 unspecified atom stereocenters. The van der Waals surface area contributed by atoms with E-state index in [0.29, 0.717) is 11.3 Å². The normalized spacial score (nSPS) is 10.6. The highest BCUT2D eigenvalue weighted by atomic mass is 19.1. The number of nitrogens with zero attached hydrogens (tertiary/aromatic N) is 2. The molecule has 0 fully saturated rings. The summed E-state index contributed by atoms with van der Waals surface area (Å²) in [5.41, 5.74) is 2.54. The Morgan fingerprint density at radius 2 is 2.06 bits per heavy atom. The lowest BCUT2D eigenvalue weighted by atomic mass is 10.1. The van der Waals surface area contributed by atoms with Gasteiger partial charge in [-0.2, -0.15) is 0 Å². The molecule has 0 saturated carbocycles. The van der Waals surface area contributed by atoms with Gasteiger partial charge in [0.2, 0.25) is 0 Å². The third-order valence-corrected chi connectivity index (χ3v) is 2.87. The topological polar surface area (TPSA) is 34.9 Å².